The fourth-order valence-electron chi connectivity index (χ4n) is 1.77. The van der Waals surface area contributed by atoms with Gasteiger partial charge in [-0.1, -0.05) is 6.92 Å². The fourth-order valence-corrected chi connectivity index (χ4v) is 1.77. The second-order valence-corrected chi connectivity index (χ2v) is 4.13. The molecule has 2 rings (SSSR count). The Balaban J connectivity index is 2.13. The van der Waals surface area contributed by atoms with E-state index >= 15 is 0 Å². The summed E-state index contributed by atoms with van der Waals surface area (Å²) < 4.78 is 10.2. The molecule has 1 aromatic rings. The Kier molecular flexibility index (Phi) is 4.36. The van der Waals surface area contributed by atoms with Gasteiger partial charge in [-0.3, -0.25) is 14.9 Å². The van der Waals surface area contributed by atoms with Crippen molar-refractivity contribution in [1.29, 1.82) is 0 Å². The zero-order chi connectivity index (χ0) is 14.5. The Morgan fingerprint density at radius 1 is 1.40 bits per heavy atom. The zero-order valence-electron chi connectivity index (χ0n) is 11.0. The van der Waals surface area contributed by atoms with Crippen LogP contribution in [0.1, 0.15) is 13.3 Å². The quantitative estimate of drug-likeness (QED) is 0.462. The highest BCUT2D eigenvalue weighted by molar-refractivity contribution is 5.93. The maximum atomic E-state index is 11.7. The molecule has 0 atom stereocenters. The molecule has 1 aliphatic heterocycles. The number of carbonyl (C=O) groups excluding carboxylic acids is 1. The van der Waals surface area contributed by atoms with E-state index in [1.54, 1.807) is 0 Å². The van der Waals surface area contributed by atoms with Crippen LogP contribution in [0.3, 0.4) is 0 Å². The summed E-state index contributed by atoms with van der Waals surface area (Å²) in [7, 11) is 0. The minimum atomic E-state index is -0.568. The molecule has 0 aromatic heterocycles. The monoisotopic (exact) mass is 281 g/mol. The molecular formula is C12H15N3O5. The van der Waals surface area contributed by atoms with Crippen molar-refractivity contribution in [3.63, 3.8) is 0 Å². The van der Waals surface area contributed by atoms with Gasteiger partial charge in [0, 0.05) is 19.0 Å². The molecule has 8 nitrogen and oxygen atoms in total. The summed E-state index contributed by atoms with van der Waals surface area (Å²) in [5.74, 6) is 0.396. The molecule has 0 bridgehead atoms. The molecule has 0 radical (unpaired) electrons. The van der Waals surface area contributed by atoms with E-state index < -0.39 is 4.92 Å². The number of nitrogens with one attached hydrogen (secondary N) is 2. The lowest BCUT2D eigenvalue weighted by Crippen LogP contribution is -2.21. The third-order valence-electron chi connectivity index (χ3n) is 2.74. The standard InChI is InChI=1S/C12H15N3O5/c1-2-13-4-3-12(16)14-8-5-10-11(20-7-19-10)6-9(8)15(17)18/h5-6,13H,2-4,7H2,1H3,(H,14,16). The Hall–Kier alpha value is -2.35. The molecule has 0 unspecified atom stereocenters. The number of nitrogens with zero attached hydrogens (tertiary/aromatic N) is 1. The first-order valence-corrected chi connectivity index (χ1v) is 6.20. The Morgan fingerprint density at radius 2 is 2.10 bits per heavy atom. The van der Waals surface area contributed by atoms with E-state index in [1.165, 1.54) is 12.1 Å². The highest BCUT2D eigenvalue weighted by Gasteiger charge is 2.24. The van der Waals surface area contributed by atoms with Gasteiger partial charge in [-0.25, -0.2) is 0 Å². The molecule has 0 aliphatic carbocycles. The lowest BCUT2D eigenvalue weighted by molar-refractivity contribution is -0.384. The highest BCUT2D eigenvalue weighted by atomic mass is 16.7. The minimum absolute atomic E-state index is 0.0182. The van der Waals surface area contributed by atoms with E-state index in [9.17, 15) is 14.9 Å². The van der Waals surface area contributed by atoms with Gasteiger partial charge in [-0.05, 0) is 6.54 Å². The van der Waals surface area contributed by atoms with Crippen LogP contribution in [-0.2, 0) is 4.79 Å². The predicted molar refractivity (Wildman–Crippen MR) is 71.0 cm³/mol. The maximum absolute atomic E-state index is 11.7. The molecule has 1 heterocycles. The number of fused-ring (bicyclic) bond motifs is 1. The van der Waals surface area contributed by atoms with Crippen molar-refractivity contribution in [2.45, 2.75) is 13.3 Å². The van der Waals surface area contributed by atoms with Crippen LogP contribution < -0.4 is 20.1 Å². The molecular weight excluding hydrogens is 266 g/mol. The van der Waals surface area contributed by atoms with E-state index in [0.717, 1.165) is 6.54 Å². The Bertz CT molecular complexity index is 532. The van der Waals surface area contributed by atoms with Crippen molar-refractivity contribution in [1.82, 2.24) is 5.32 Å². The second kappa shape index (κ2) is 6.20. The van der Waals surface area contributed by atoms with Crippen molar-refractivity contribution in [2.24, 2.45) is 0 Å². The third kappa shape index (κ3) is 3.15. The van der Waals surface area contributed by atoms with Gasteiger partial charge in [-0.2, -0.15) is 0 Å². The number of carbonyl (C=O) groups is 1. The van der Waals surface area contributed by atoms with Crippen molar-refractivity contribution < 1.29 is 19.2 Å². The van der Waals surface area contributed by atoms with Gasteiger partial charge >= 0.3 is 0 Å². The first-order valence-electron chi connectivity index (χ1n) is 6.20. The van der Waals surface area contributed by atoms with Crippen molar-refractivity contribution in [3.8, 4) is 11.5 Å². The van der Waals surface area contributed by atoms with Gasteiger partial charge in [0.1, 0.15) is 5.69 Å². The van der Waals surface area contributed by atoms with E-state index in [4.69, 9.17) is 9.47 Å². The summed E-state index contributed by atoms with van der Waals surface area (Å²) in [6, 6.07) is 2.66. The predicted octanol–water partition coefficient (Wildman–Crippen LogP) is 1.26. The zero-order valence-corrected chi connectivity index (χ0v) is 11.0. The average Bonchev–Trinajstić information content (AvgIpc) is 2.85. The number of hydrogen-bond donors (Lipinski definition) is 2. The number of rotatable bonds is 6. The molecule has 0 saturated heterocycles. The number of nitro groups is 1. The van der Waals surface area contributed by atoms with Gasteiger partial charge in [0.2, 0.25) is 12.7 Å². The number of benzene rings is 1. The summed E-state index contributed by atoms with van der Waals surface area (Å²) in [5.41, 5.74) is -0.105. The molecule has 0 fully saturated rings. The Labute approximate surface area is 115 Å². The van der Waals surface area contributed by atoms with Crippen LogP contribution in [0, 0.1) is 10.1 Å². The van der Waals surface area contributed by atoms with Crippen LogP contribution in [0.25, 0.3) is 0 Å². The molecule has 0 spiro atoms. The molecule has 0 saturated carbocycles. The number of amides is 1. The minimum Gasteiger partial charge on any atom is -0.454 e. The second-order valence-electron chi connectivity index (χ2n) is 4.13. The molecule has 108 valence electrons. The summed E-state index contributed by atoms with van der Waals surface area (Å²) in [6.45, 7) is 3.23. The smallest absolute Gasteiger partial charge is 0.296 e. The summed E-state index contributed by atoms with van der Waals surface area (Å²) in [4.78, 5) is 22.2. The number of hydrogen-bond acceptors (Lipinski definition) is 6. The lowest BCUT2D eigenvalue weighted by atomic mass is 10.2. The van der Waals surface area contributed by atoms with Crippen LogP contribution in [0.4, 0.5) is 11.4 Å². The molecule has 1 aliphatic rings. The maximum Gasteiger partial charge on any atom is 0.296 e. The van der Waals surface area contributed by atoms with E-state index in [-0.39, 0.29) is 30.5 Å². The molecule has 2 N–H and O–H groups in total. The topological polar surface area (TPSA) is 103 Å². The van der Waals surface area contributed by atoms with Gasteiger partial charge < -0.3 is 20.1 Å². The van der Waals surface area contributed by atoms with Crippen molar-refractivity contribution >= 4 is 17.3 Å². The first-order chi connectivity index (χ1) is 9.61. The lowest BCUT2D eigenvalue weighted by Gasteiger charge is -2.07. The average molecular weight is 281 g/mol. The largest absolute Gasteiger partial charge is 0.454 e. The van der Waals surface area contributed by atoms with E-state index in [0.29, 0.717) is 18.0 Å². The van der Waals surface area contributed by atoms with Gasteiger partial charge in [0.25, 0.3) is 5.69 Å². The van der Waals surface area contributed by atoms with E-state index in [2.05, 4.69) is 10.6 Å². The van der Waals surface area contributed by atoms with Crippen LogP contribution >= 0.6 is 0 Å². The third-order valence-corrected chi connectivity index (χ3v) is 2.74. The summed E-state index contributed by atoms with van der Waals surface area (Å²) in [5, 5.41) is 16.5. The van der Waals surface area contributed by atoms with Crippen LogP contribution in [0.15, 0.2) is 12.1 Å². The SMILES string of the molecule is CCNCCC(=O)Nc1cc2c(cc1[N+](=O)[O-])OCO2. The van der Waals surface area contributed by atoms with E-state index in [1.807, 2.05) is 6.92 Å². The number of nitro benzene ring substituents is 1. The summed E-state index contributed by atoms with van der Waals surface area (Å²) >= 11 is 0. The van der Waals surface area contributed by atoms with Crippen LogP contribution in [0.5, 0.6) is 11.5 Å². The van der Waals surface area contributed by atoms with Gasteiger partial charge in [0.05, 0.1) is 11.0 Å². The fraction of sp³-hybridized carbons (Fsp3) is 0.417. The normalized spacial score (nSPS) is 12.2. The highest BCUT2D eigenvalue weighted by Crippen LogP contribution is 2.40. The van der Waals surface area contributed by atoms with Crippen LogP contribution in [0.2, 0.25) is 0 Å². The number of ether oxygens (including phenoxy) is 2. The van der Waals surface area contributed by atoms with Crippen LogP contribution in [-0.4, -0.2) is 30.7 Å². The van der Waals surface area contributed by atoms with Crippen molar-refractivity contribution in [2.75, 3.05) is 25.2 Å². The Morgan fingerprint density at radius 3 is 2.75 bits per heavy atom. The van der Waals surface area contributed by atoms with Gasteiger partial charge in [0.15, 0.2) is 11.5 Å². The molecule has 8 heteroatoms. The summed E-state index contributed by atoms with van der Waals surface area (Å²) in [6.07, 6.45) is 0.236. The molecule has 1 amide bonds. The first kappa shape index (κ1) is 14.1. The van der Waals surface area contributed by atoms with Gasteiger partial charge in [-0.15, -0.1) is 0 Å². The number of anilines is 1. The van der Waals surface area contributed by atoms with Crippen molar-refractivity contribution in [3.05, 3.63) is 22.2 Å². The molecule has 20 heavy (non-hydrogen) atoms. The molecule has 1 aromatic carbocycles.